The molecule has 21 heavy (non-hydrogen) atoms. The van der Waals surface area contributed by atoms with Gasteiger partial charge in [0, 0.05) is 16.5 Å². The van der Waals surface area contributed by atoms with E-state index < -0.39 is 9.84 Å². The third-order valence-electron chi connectivity index (χ3n) is 3.20. The summed E-state index contributed by atoms with van der Waals surface area (Å²) in [5, 5.41) is 1.69. The number of hydrogen-bond donors (Lipinski definition) is 0. The summed E-state index contributed by atoms with van der Waals surface area (Å²) in [6.07, 6.45) is 1.69. The first-order valence-electron chi connectivity index (χ1n) is 6.46. The predicted molar refractivity (Wildman–Crippen MR) is 84.2 cm³/mol. The summed E-state index contributed by atoms with van der Waals surface area (Å²) >= 11 is 1.40. The van der Waals surface area contributed by atoms with Crippen LogP contribution >= 0.6 is 11.3 Å². The van der Waals surface area contributed by atoms with Crippen LogP contribution in [-0.2, 0) is 15.6 Å². The van der Waals surface area contributed by atoms with E-state index in [0.717, 1.165) is 15.8 Å². The molecule has 0 unspecified atom stereocenters. The van der Waals surface area contributed by atoms with Crippen LogP contribution in [0.3, 0.4) is 0 Å². The Morgan fingerprint density at radius 2 is 1.95 bits per heavy atom. The molecule has 3 aromatic rings. The van der Waals surface area contributed by atoms with Gasteiger partial charge in [-0.1, -0.05) is 18.2 Å². The first-order valence-corrected chi connectivity index (χ1v) is 8.93. The number of nitrogens with zero attached hydrogens (tertiary/aromatic N) is 2. The standard InChI is InChI=1S/C15H14N2O2S2/c1-10-7-15(17-13-6-4-3-5-12(10)13)21(18,19)9-14-16-8-11(2)20-14/h3-8H,9H2,1-2H3. The Balaban J connectivity index is 2.06. The van der Waals surface area contributed by atoms with Crippen molar-refractivity contribution in [2.75, 3.05) is 0 Å². The molecule has 0 saturated carbocycles. The lowest BCUT2D eigenvalue weighted by molar-refractivity contribution is 0.592. The zero-order valence-corrected chi connectivity index (χ0v) is 13.3. The summed E-state index contributed by atoms with van der Waals surface area (Å²) < 4.78 is 25.0. The average molecular weight is 318 g/mol. The molecule has 2 aromatic heterocycles. The van der Waals surface area contributed by atoms with E-state index in [1.165, 1.54) is 11.3 Å². The molecule has 0 bridgehead atoms. The lowest BCUT2D eigenvalue weighted by Crippen LogP contribution is -2.07. The van der Waals surface area contributed by atoms with Crippen molar-refractivity contribution in [2.45, 2.75) is 24.6 Å². The Hall–Kier alpha value is -1.79. The number of sulfone groups is 1. The van der Waals surface area contributed by atoms with Crippen molar-refractivity contribution in [1.82, 2.24) is 9.97 Å². The highest BCUT2D eigenvalue weighted by Gasteiger charge is 2.20. The topological polar surface area (TPSA) is 59.9 Å². The van der Waals surface area contributed by atoms with Crippen molar-refractivity contribution in [3.05, 3.63) is 52.0 Å². The minimum Gasteiger partial charge on any atom is -0.248 e. The molecule has 0 amide bonds. The molecule has 0 aliphatic heterocycles. The summed E-state index contributed by atoms with van der Waals surface area (Å²) in [6.45, 7) is 3.81. The monoisotopic (exact) mass is 318 g/mol. The molecule has 0 aliphatic rings. The number of hydrogen-bond acceptors (Lipinski definition) is 5. The van der Waals surface area contributed by atoms with Gasteiger partial charge in [0.25, 0.3) is 0 Å². The SMILES string of the molecule is Cc1cnc(CS(=O)(=O)c2cc(C)c3ccccc3n2)s1. The van der Waals surface area contributed by atoms with E-state index in [2.05, 4.69) is 9.97 Å². The third-order valence-corrected chi connectivity index (χ3v) is 5.80. The third kappa shape index (κ3) is 2.82. The molecule has 6 heteroatoms. The van der Waals surface area contributed by atoms with E-state index in [-0.39, 0.29) is 10.8 Å². The zero-order chi connectivity index (χ0) is 15.0. The molecule has 3 rings (SSSR count). The van der Waals surface area contributed by atoms with Crippen molar-refractivity contribution in [2.24, 2.45) is 0 Å². The van der Waals surface area contributed by atoms with E-state index in [1.807, 2.05) is 38.1 Å². The maximum atomic E-state index is 12.5. The van der Waals surface area contributed by atoms with Crippen LogP contribution in [0.25, 0.3) is 10.9 Å². The lowest BCUT2D eigenvalue weighted by Gasteiger charge is -2.06. The van der Waals surface area contributed by atoms with Crippen LogP contribution in [0.2, 0.25) is 0 Å². The first kappa shape index (κ1) is 14.2. The minimum atomic E-state index is -3.48. The van der Waals surface area contributed by atoms with Crippen LogP contribution in [0.1, 0.15) is 15.4 Å². The molecular weight excluding hydrogens is 304 g/mol. The molecule has 0 fully saturated rings. The van der Waals surface area contributed by atoms with Gasteiger partial charge in [0.2, 0.25) is 9.84 Å². The number of fused-ring (bicyclic) bond motifs is 1. The van der Waals surface area contributed by atoms with Gasteiger partial charge in [-0.2, -0.15) is 0 Å². The fraction of sp³-hybridized carbons (Fsp3) is 0.200. The van der Waals surface area contributed by atoms with Gasteiger partial charge in [0.1, 0.15) is 10.8 Å². The van der Waals surface area contributed by atoms with E-state index in [1.54, 1.807) is 12.3 Å². The molecule has 0 radical (unpaired) electrons. The Morgan fingerprint density at radius 1 is 1.19 bits per heavy atom. The Labute approximate surface area is 127 Å². The summed E-state index contributed by atoms with van der Waals surface area (Å²) in [5.41, 5.74) is 1.61. The minimum absolute atomic E-state index is 0.101. The van der Waals surface area contributed by atoms with Crippen molar-refractivity contribution < 1.29 is 8.42 Å². The molecule has 0 aliphatic carbocycles. The smallest absolute Gasteiger partial charge is 0.202 e. The Bertz CT molecular complexity index is 914. The molecule has 0 saturated heterocycles. The van der Waals surface area contributed by atoms with Crippen molar-refractivity contribution in [3.8, 4) is 0 Å². The number of aryl methyl sites for hydroxylation is 2. The van der Waals surface area contributed by atoms with E-state index in [4.69, 9.17) is 0 Å². The molecule has 0 N–H and O–H groups in total. The van der Waals surface area contributed by atoms with Crippen molar-refractivity contribution in [3.63, 3.8) is 0 Å². The molecule has 0 spiro atoms. The Morgan fingerprint density at radius 3 is 2.67 bits per heavy atom. The van der Waals surface area contributed by atoms with Gasteiger partial charge < -0.3 is 0 Å². The first-order chi connectivity index (χ1) is 9.95. The second-order valence-corrected chi connectivity index (χ2v) is 8.17. The van der Waals surface area contributed by atoms with Gasteiger partial charge >= 0.3 is 0 Å². The van der Waals surface area contributed by atoms with Gasteiger partial charge in [0.15, 0.2) is 5.03 Å². The van der Waals surface area contributed by atoms with E-state index >= 15 is 0 Å². The molecule has 2 heterocycles. The second-order valence-electron chi connectivity index (χ2n) is 4.92. The average Bonchev–Trinajstić information content (AvgIpc) is 2.83. The number of benzene rings is 1. The number of rotatable bonds is 3. The number of aromatic nitrogens is 2. The molecule has 4 nitrogen and oxygen atoms in total. The highest BCUT2D eigenvalue weighted by atomic mass is 32.2. The fourth-order valence-electron chi connectivity index (χ4n) is 2.18. The highest BCUT2D eigenvalue weighted by molar-refractivity contribution is 7.90. The van der Waals surface area contributed by atoms with Crippen LogP contribution in [0.5, 0.6) is 0 Å². The number of thiazole rings is 1. The fourth-order valence-corrected chi connectivity index (χ4v) is 4.61. The summed E-state index contributed by atoms with van der Waals surface area (Å²) in [7, 11) is -3.48. The van der Waals surface area contributed by atoms with Crippen LogP contribution in [-0.4, -0.2) is 18.4 Å². The largest absolute Gasteiger partial charge is 0.248 e. The number of para-hydroxylation sites is 1. The molecular formula is C15H14N2O2S2. The van der Waals surface area contributed by atoms with Gasteiger partial charge in [-0.3, -0.25) is 0 Å². The molecule has 0 atom stereocenters. The van der Waals surface area contributed by atoms with E-state index in [0.29, 0.717) is 10.5 Å². The second kappa shape index (κ2) is 5.20. The van der Waals surface area contributed by atoms with E-state index in [9.17, 15) is 8.42 Å². The van der Waals surface area contributed by atoms with Gasteiger partial charge in [-0.25, -0.2) is 18.4 Å². The highest BCUT2D eigenvalue weighted by Crippen LogP contribution is 2.23. The van der Waals surface area contributed by atoms with Crippen LogP contribution in [0.15, 0.2) is 41.6 Å². The normalized spacial score (nSPS) is 11.9. The van der Waals surface area contributed by atoms with Gasteiger partial charge in [-0.05, 0) is 31.5 Å². The quantitative estimate of drug-likeness (QED) is 0.743. The van der Waals surface area contributed by atoms with Crippen LogP contribution in [0, 0.1) is 13.8 Å². The van der Waals surface area contributed by atoms with Crippen LogP contribution in [0.4, 0.5) is 0 Å². The van der Waals surface area contributed by atoms with Gasteiger partial charge in [0.05, 0.1) is 5.52 Å². The van der Waals surface area contributed by atoms with Gasteiger partial charge in [-0.15, -0.1) is 11.3 Å². The molecule has 1 aromatic carbocycles. The summed E-state index contributed by atoms with van der Waals surface area (Å²) in [4.78, 5) is 9.43. The molecule has 108 valence electrons. The van der Waals surface area contributed by atoms with Crippen LogP contribution < -0.4 is 0 Å². The zero-order valence-electron chi connectivity index (χ0n) is 11.7. The summed E-state index contributed by atoms with van der Waals surface area (Å²) in [6, 6.07) is 9.18. The maximum Gasteiger partial charge on any atom is 0.202 e. The lowest BCUT2D eigenvalue weighted by atomic mass is 10.1. The number of pyridine rings is 1. The van der Waals surface area contributed by atoms with Crippen molar-refractivity contribution in [1.29, 1.82) is 0 Å². The predicted octanol–water partition coefficient (Wildman–Crippen LogP) is 3.28. The summed E-state index contributed by atoms with van der Waals surface area (Å²) in [5.74, 6) is -0.101. The maximum absolute atomic E-state index is 12.5. The Kier molecular flexibility index (Phi) is 3.51. The van der Waals surface area contributed by atoms with Crippen molar-refractivity contribution >= 4 is 32.1 Å².